The van der Waals surface area contributed by atoms with E-state index in [-0.39, 0.29) is 22.6 Å². The molecule has 0 atom stereocenters. The Labute approximate surface area is 149 Å². The van der Waals surface area contributed by atoms with E-state index in [2.05, 4.69) is 4.98 Å². The van der Waals surface area contributed by atoms with Gasteiger partial charge in [0.05, 0.1) is 16.2 Å². The first-order chi connectivity index (χ1) is 12.3. The number of hydrogen-bond donors (Lipinski definition) is 0. The Bertz CT molecular complexity index is 1170. The van der Waals surface area contributed by atoms with Crippen LogP contribution in [0.3, 0.4) is 0 Å². The van der Waals surface area contributed by atoms with Crippen molar-refractivity contribution in [3.05, 3.63) is 75.8 Å². The fourth-order valence-corrected chi connectivity index (χ4v) is 3.18. The topological polar surface area (TPSA) is 94.8 Å². The number of sulfone groups is 1. The van der Waals surface area contributed by atoms with Gasteiger partial charge in [0.15, 0.2) is 9.84 Å². The lowest BCUT2D eigenvalue weighted by Gasteiger charge is -2.08. The Morgan fingerprint density at radius 3 is 2.62 bits per heavy atom. The van der Waals surface area contributed by atoms with Gasteiger partial charge in [-0.2, -0.15) is 0 Å². The predicted molar refractivity (Wildman–Crippen MR) is 94.9 cm³/mol. The normalized spacial score (nSPS) is 11.5. The molecular weight excluding hydrogens is 356 g/mol. The Morgan fingerprint density at radius 1 is 1.15 bits per heavy atom. The number of nitrogens with zero attached hydrogens (tertiary/aromatic N) is 2. The molecule has 2 heterocycles. The zero-order valence-corrected chi connectivity index (χ0v) is 15.0. The number of carbonyl (C=O) groups is 1. The lowest BCUT2D eigenvalue weighted by Crippen LogP contribution is -2.18. The van der Waals surface area contributed by atoms with Gasteiger partial charge in [-0.05, 0) is 37.3 Å². The molecule has 0 N–H and O–H groups in total. The van der Waals surface area contributed by atoms with E-state index in [4.69, 9.17) is 4.74 Å². The number of hydrogen-bond acceptors (Lipinski definition) is 6. The van der Waals surface area contributed by atoms with Crippen LogP contribution in [0.15, 0.2) is 58.2 Å². The van der Waals surface area contributed by atoms with Gasteiger partial charge in [0.25, 0.3) is 5.56 Å². The zero-order chi connectivity index (χ0) is 18.9. The number of aromatic nitrogens is 2. The number of fused-ring (bicyclic) bond motifs is 1. The smallest absolute Gasteiger partial charge is 0.338 e. The summed E-state index contributed by atoms with van der Waals surface area (Å²) in [5, 5.41) is 0. The molecule has 0 fully saturated rings. The minimum atomic E-state index is -3.42. The summed E-state index contributed by atoms with van der Waals surface area (Å²) >= 11 is 0. The van der Waals surface area contributed by atoms with Gasteiger partial charge in [0.2, 0.25) is 0 Å². The van der Waals surface area contributed by atoms with Crippen LogP contribution in [0.25, 0.3) is 5.65 Å². The average molecular weight is 372 g/mol. The van der Waals surface area contributed by atoms with Gasteiger partial charge in [-0.25, -0.2) is 18.2 Å². The second-order valence-corrected chi connectivity index (χ2v) is 7.84. The number of aryl methyl sites for hydroxylation is 1. The molecule has 3 aromatic rings. The van der Waals surface area contributed by atoms with Crippen LogP contribution in [0, 0.1) is 6.92 Å². The molecule has 8 heteroatoms. The summed E-state index contributed by atoms with van der Waals surface area (Å²) in [6.45, 7) is 1.60. The van der Waals surface area contributed by atoms with E-state index in [0.717, 1.165) is 11.9 Å². The summed E-state index contributed by atoms with van der Waals surface area (Å²) in [5.41, 5.74) is 1.37. The van der Waals surface area contributed by atoms with E-state index in [0.29, 0.717) is 11.3 Å². The van der Waals surface area contributed by atoms with Gasteiger partial charge >= 0.3 is 5.97 Å². The average Bonchev–Trinajstić information content (AvgIpc) is 2.59. The number of esters is 1. The van der Waals surface area contributed by atoms with Crippen molar-refractivity contribution < 1.29 is 17.9 Å². The molecule has 0 bridgehead atoms. The summed E-state index contributed by atoms with van der Waals surface area (Å²) in [5.74, 6) is -0.693. The molecule has 0 radical (unpaired) electrons. The fourth-order valence-electron chi connectivity index (χ4n) is 2.51. The van der Waals surface area contributed by atoms with Crippen LogP contribution < -0.4 is 5.56 Å². The monoisotopic (exact) mass is 372 g/mol. The molecule has 0 amide bonds. The highest BCUT2D eigenvalue weighted by molar-refractivity contribution is 7.90. The quantitative estimate of drug-likeness (QED) is 0.648. The maximum atomic E-state index is 12.2. The van der Waals surface area contributed by atoms with E-state index < -0.39 is 15.8 Å². The molecular formula is C18H16N2O5S. The molecule has 26 heavy (non-hydrogen) atoms. The van der Waals surface area contributed by atoms with Gasteiger partial charge in [-0.3, -0.25) is 9.20 Å². The second-order valence-electron chi connectivity index (χ2n) is 5.82. The minimum Gasteiger partial charge on any atom is -0.456 e. The van der Waals surface area contributed by atoms with E-state index in [1.54, 1.807) is 25.1 Å². The van der Waals surface area contributed by atoms with E-state index in [9.17, 15) is 18.0 Å². The lowest BCUT2D eigenvalue weighted by molar-refractivity contribution is 0.0467. The standard InChI is InChI=1S/C18H16N2O5S/c1-12-5-3-8-16-19-14(10-17(21)20(12)16)11-25-18(22)13-6-4-7-15(9-13)26(2,23)24/h3-10H,11H2,1-2H3. The van der Waals surface area contributed by atoms with Crippen LogP contribution in [-0.2, 0) is 21.2 Å². The van der Waals surface area contributed by atoms with E-state index in [1.165, 1.54) is 34.7 Å². The molecule has 0 saturated heterocycles. The SMILES string of the molecule is Cc1cccc2nc(COC(=O)c3cccc(S(C)(=O)=O)c3)cc(=O)n12. The van der Waals surface area contributed by atoms with E-state index >= 15 is 0 Å². The summed E-state index contributed by atoms with van der Waals surface area (Å²) in [4.78, 5) is 28.7. The van der Waals surface area contributed by atoms with Crippen LogP contribution in [0.2, 0.25) is 0 Å². The first-order valence-corrected chi connectivity index (χ1v) is 9.60. The largest absolute Gasteiger partial charge is 0.456 e. The zero-order valence-electron chi connectivity index (χ0n) is 14.2. The molecule has 7 nitrogen and oxygen atoms in total. The fraction of sp³-hybridized carbons (Fsp3) is 0.167. The third-order valence-corrected chi connectivity index (χ3v) is 4.89. The summed E-state index contributed by atoms with van der Waals surface area (Å²) < 4.78 is 29.8. The maximum Gasteiger partial charge on any atom is 0.338 e. The van der Waals surface area contributed by atoms with Crippen LogP contribution in [0.4, 0.5) is 0 Å². The van der Waals surface area contributed by atoms with Crippen molar-refractivity contribution in [2.75, 3.05) is 6.26 Å². The van der Waals surface area contributed by atoms with Crippen LogP contribution >= 0.6 is 0 Å². The second kappa shape index (κ2) is 6.72. The van der Waals surface area contributed by atoms with Crippen LogP contribution in [0.5, 0.6) is 0 Å². The van der Waals surface area contributed by atoms with Gasteiger partial charge in [-0.15, -0.1) is 0 Å². The van der Waals surface area contributed by atoms with Gasteiger partial charge in [0.1, 0.15) is 12.3 Å². The number of pyridine rings is 1. The summed E-state index contributed by atoms with van der Waals surface area (Å²) in [6, 6.07) is 12.2. The molecule has 2 aromatic heterocycles. The predicted octanol–water partition coefficient (Wildman–Crippen LogP) is 1.76. The van der Waals surface area contributed by atoms with Crippen molar-refractivity contribution in [1.82, 2.24) is 9.38 Å². The first-order valence-electron chi connectivity index (χ1n) is 7.71. The number of carbonyl (C=O) groups excluding carboxylic acids is 1. The van der Waals surface area contributed by atoms with Crippen LogP contribution in [0.1, 0.15) is 21.7 Å². The van der Waals surface area contributed by atoms with Gasteiger partial charge in [-0.1, -0.05) is 12.1 Å². The molecule has 0 aliphatic rings. The molecule has 0 spiro atoms. The Hall–Kier alpha value is -3.00. The molecule has 0 aliphatic carbocycles. The van der Waals surface area contributed by atoms with Crippen LogP contribution in [-0.4, -0.2) is 30.0 Å². The Morgan fingerprint density at radius 2 is 1.88 bits per heavy atom. The number of rotatable bonds is 4. The molecule has 0 unspecified atom stereocenters. The summed E-state index contributed by atoms with van der Waals surface area (Å²) in [6.07, 6.45) is 1.06. The molecule has 134 valence electrons. The highest BCUT2D eigenvalue weighted by atomic mass is 32.2. The molecule has 0 aliphatic heterocycles. The summed E-state index contributed by atoms with van der Waals surface area (Å²) in [7, 11) is -3.42. The van der Waals surface area contributed by atoms with Crippen molar-refractivity contribution in [2.45, 2.75) is 18.4 Å². The number of benzene rings is 1. The van der Waals surface area contributed by atoms with Gasteiger partial charge < -0.3 is 4.74 Å². The van der Waals surface area contributed by atoms with Crippen molar-refractivity contribution >= 4 is 21.5 Å². The number of ether oxygens (including phenoxy) is 1. The van der Waals surface area contributed by atoms with Gasteiger partial charge in [0, 0.05) is 18.0 Å². The Balaban J connectivity index is 1.82. The van der Waals surface area contributed by atoms with Crippen molar-refractivity contribution in [2.24, 2.45) is 0 Å². The molecule has 0 saturated carbocycles. The maximum absolute atomic E-state index is 12.2. The lowest BCUT2D eigenvalue weighted by atomic mass is 10.2. The molecule has 1 aromatic carbocycles. The van der Waals surface area contributed by atoms with Crippen molar-refractivity contribution in [3.63, 3.8) is 0 Å². The van der Waals surface area contributed by atoms with Crippen molar-refractivity contribution in [3.8, 4) is 0 Å². The third-order valence-electron chi connectivity index (χ3n) is 3.78. The minimum absolute atomic E-state index is 0.0319. The molecule has 3 rings (SSSR count). The Kier molecular flexibility index (Phi) is 4.60. The van der Waals surface area contributed by atoms with Crippen molar-refractivity contribution in [1.29, 1.82) is 0 Å². The third kappa shape index (κ3) is 3.65. The van der Waals surface area contributed by atoms with E-state index in [1.807, 2.05) is 0 Å². The highest BCUT2D eigenvalue weighted by Gasteiger charge is 2.13. The first kappa shape index (κ1) is 17.8. The highest BCUT2D eigenvalue weighted by Crippen LogP contribution is 2.13.